The number of rotatable bonds is 3. The Morgan fingerprint density at radius 2 is 2.25 bits per heavy atom. The van der Waals surface area contributed by atoms with E-state index in [1.165, 1.54) is 6.42 Å². The van der Waals surface area contributed by atoms with Gasteiger partial charge in [0.1, 0.15) is 5.69 Å². The third-order valence-electron chi connectivity index (χ3n) is 3.24. The third kappa shape index (κ3) is 2.24. The molecule has 1 aliphatic rings. The van der Waals surface area contributed by atoms with Crippen LogP contribution in [0.4, 0.5) is 0 Å². The molecule has 1 aromatic heterocycles. The summed E-state index contributed by atoms with van der Waals surface area (Å²) in [5.41, 5.74) is 0.0128. The number of nitrogens with one attached hydrogen (secondary N) is 2. The third-order valence-corrected chi connectivity index (χ3v) is 3.24. The van der Waals surface area contributed by atoms with Crippen LogP contribution in [0.3, 0.4) is 0 Å². The van der Waals surface area contributed by atoms with E-state index in [4.69, 9.17) is 0 Å². The van der Waals surface area contributed by atoms with Gasteiger partial charge in [-0.05, 0) is 18.9 Å². The predicted molar refractivity (Wildman–Crippen MR) is 59.0 cm³/mol. The molecule has 0 bridgehead atoms. The first kappa shape index (κ1) is 11.1. The van der Waals surface area contributed by atoms with Gasteiger partial charge < -0.3 is 10.4 Å². The molecule has 0 radical (unpaired) electrons. The lowest BCUT2D eigenvalue weighted by Gasteiger charge is -2.36. The van der Waals surface area contributed by atoms with Crippen molar-refractivity contribution in [2.45, 2.75) is 37.6 Å². The first-order chi connectivity index (χ1) is 7.76. The van der Waals surface area contributed by atoms with Crippen LogP contribution in [0.15, 0.2) is 12.3 Å². The molecule has 1 saturated carbocycles. The van der Waals surface area contributed by atoms with Crippen LogP contribution in [-0.4, -0.2) is 33.4 Å². The zero-order valence-electron chi connectivity index (χ0n) is 9.20. The molecule has 5 heteroatoms. The summed E-state index contributed by atoms with van der Waals surface area (Å²) in [6.07, 6.45) is 6.55. The van der Waals surface area contributed by atoms with E-state index in [-0.39, 0.29) is 12.5 Å². The SMILES string of the molecule is O=C(NC1(CO)CCCCC1)c1ccn[nH]1. The minimum Gasteiger partial charge on any atom is -0.394 e. The summed E-state index contributed by atoms with van der Waals surface area (Å²) >= 11 is 0. The average molecular weight is 223 g/mol. The molecule has 0 aromatic carbocycles. The Balaban J connectivity index is 2.03. The number of carbonyl (C=O) groups is 1. The molecule has 0 atom stereocenters. The molecule has 2 rings (SSSR count). The van der Waals surface area contributed by atoms with Gasteiger partial charge in [-0.15, -0.1) is 0 Å². The molecule has 1 amide bonds. The molecule has 0 unspecified atom stereocenters. The Kier molecular flexibility index (Phi) is 3.24. The van der Waals surface area contributed by atoms with Gasteiger partial charge in [0, 0.05) is 6.20 Å². The first-order valence-electron chi connectivity index (χ1n) is 5.68. The maximum absolute atomic E-state index is 11.8. The Bertz CT molecular complexity index is 342. The highest BCUT2D eigenvalue weighted by atomic mass is 16.3. The molecule has 1 aromatic rings. The van der Waals surface area contributed by atoms with Gasteiger partial charge in [0.2, 0.25) is 0 Å². The van der Waals surface area contributed by atoms with Crippen LogP contribution in [0.5, 0.6) is 0 Å². The Morgan fingerprint density at radius 3 is 2.81 bits per heavy atom. The van der Waals surface area contributed by atoms with Crippen molar-refractivity contribution in [2.75, 3.05) is 6.61 Å². The summed E-state index contributed by atoms with van der Waals surface area (Å²) in [4.78, 5) is 11.8. The molecule has 0 aliphatic heterocycles. The fourth-order valence-electron chi connectivity index (χ4n) is 2.24. The number of amides is 1. The Hall–Kier alpha value is -1.36. The fourth-order valence-corrected chi connectivity index (χ4v) is 2.24. The van der Waals surface area contributed by atoms with Crippen LogP contribution in [0.2, 0.25) is 0 Å². The van der Waals surface area contributed by atoms with E-state index >= 15 is 0 Å². The summed E-state index contributed by atoms with van der Waals surface area (Å²) in [5, 5.41) is 18.7. The number of carbonyl (C=O) groups excluding carboxylic acids is 1. The van der Waals surface area contributed by atoms with Crippen molar-refractivity contribution in [1.29, 1.82) is 0 Å². The van der Waals surface area contributed by atoms with Crippen molar-refractivity contribution < 1.29 is 9.90 Å². The number of aliphatic hydroxyl groups excluding tert-OH is 1. The Labute approximate surface area is 94.2 Å². The molecule has 88 valence electrons. The molecule has 5 nitrogen and oxygen atoms in total. The van der Waals surface area contributed by atoms with Crippen molar-refractivity contribution in [3.8, 4) is 0 Å². The predicted octanol–water partition coefficient (Wildman–Crippen LogP) is 0.835. The smallest absolute Gasteiger partial charge is 0.269 e. The number of aliphatic hydroxyl groups is 1. The highest BCUT2D eigenvalue weighted by Gasteiger charge is 2.33. The maximum Gasteiger partial charge on any atom is 0.269 e. The zero-order chi connectivity index (χ0) is 11.4. The van der Waals surface area contributed by atoms with E-state index in [0.717, 1.165) is 25.7 Å². The molecular formula is C11H17N3O2. The van der Waals surface area contributed by atoms with E-state index in [9.17, 15) is 9.90 Å². The van der Waals surface area contributed by atoms with Gasteiger partial charge in [0.15, 0.2) is 0 Å². The summed E-state index contributed by atoms with van der Waals surface area (Å²) in [6, 6.07) is 1.63. The first-order valence-corrected chi connectivity index (χ1v) is 5.68. The zero-order valence-corrected chi connectivity index (χ0v) is 9.20. The van der Waals surface area contributed by atoms with E-state index in [2.05, 4.69) is 15.5 Å². The highest BCUT2D eigenvalue weighted by Crippen LogP contribution is 2.27. The largest absolute Gasteiger partial charge is 0.394 e. The number of hydrogen-bond acceptors (Lipinski definition) is 3. The van der Waals surface area contributed by atoms with Gasteiger partial charge >= 0.3 is 0 Å². The second-order valence-electron chi connectivity index (χ2n) is 4.42. The lowest BCUT2D eigenvalue weighted by Crippen LogP contribution is -2.52. The van der Waals surface area contributed by atoms with Crippen molar-refractivity contribution in [3.05, 3.63) is 18.0 Å². The van der Waals surface area contributed by atoms with Gasteiger partial charge in [0.25, 0.3) is 5.91 Å². The normalized spacial score (nSPS) is 19.3. The van der Waals surface area contributed by atoms with Crippen LogP contribution in [0.1, 0.15) is 42.6 Å². The van der Waals surface area contributed by atoms with Gasteiger partial charge in [-0.2, -0.15) is 5.10 Å². The van der Waals surface area contributed by atoms with Gasteiger partial charge in [-0.1, -0.05) is 19.3 Å². The molecule has 1 fully saturated rings. The number of H-pyrrole nitrogens is 1. The van der Waals surface area contributed by atoms with Crippen molar-refractivity contribution in [1.82, 2.24) is 15.5 Å². The van der Waals surface area contributed by atoms with Crippen molar-refractivity contribution in [3.63, 3.8) is 0 Å². The van der Waals surface area contributed by atoms with E-state index in [1.807, 2.05) is 0 Å². The second kappa shape index (κ2) is 4.65. The summed E-state index contributed by atoms with van der Waals surface area (Å²) in [5.74, 6) is -0.187. The number of aromatic nitrogens is 2. The minimum atomic E-state index is -0.430. The Morgan fingerprint density at radius 1 is 1.50 bits per heavy atom. The van der Waals surface area contributed by atoms with Crippen LogP contribution in [0, 0.1) is 0 Å². The lowest BCUT2D eigenvalue weighted by atomic mass is 9.82. The van der Waals surface area contributed by atoms with Crippen LogP contribution < -0.4 is 5.32 Å². The quantitative estimate of drug-likeness (QED) is 0.710. The second-order valence-corrected chi connectivity index (χ2v) is 4.42. The average Bonchev–Trinajstić information content (AvgIpc) is 2.84. The van der Waals surface area contributed by atoms with Crippen LogP contribution >= 0.6 is 0 Å². The standard InChI is InChI=1S/C11H17N3O2/c15-8-11(5-2-1-3-6-11)13-10(16)9-4-7-12-14-9/h4,7,15H,1-3,5-6,8H2,(H,12,14)(H,13,16). The maximum atomic E-state index is 11.8. The number of hydrogen-bond donors (Lipinski definition) is 3. The minimum absolute atomic E-state index is 0.00682. The number of nitrogens with zero attached hydrogens (tertiary/aromatic N) is 1. The van der Waals surface area contributed by atoms with E-state index in [0.29, 0.717) is 5.69 Å². The van der Waals surface area contributed by atoms with E-state index in [1.54, 1.807) is 12.3 Å². The summed E-state index contributed by atoms with van der Waals surface area (Å²) < 4.78 is 0. The monoisotopic (exact) mass is 223 g/mol. The lowest BCUT2D eigenvalue weighted by molar-refractivity contribution is 0.0754. The molecular weight excluding hydrogens is 206 g/mol. The van der Waals surface area contributed by atoms with Gasteiger partial charge in [-0.3, -0.25) is 9.89 Å². The molecule has 3 N–H and O–H groups in total. The van der Waals surface area contributed by atoms with Crippen LogP contribution in [0.25, 0.3) is 0 Å². The highest BCUT2D eigenvalue weighted by molar-refractivity contribution is 5.92. The molecule has 1 heterocycles. The topological polar surface area (TPSA) is 78.0 Å². The fraction of sp³-hybridized carbons (Fsp3) is 0.636. The number of aromatic amines is 1. The summed E-state index contributed by atoms with van der Waals surface area (Å²) in [7, 11) is 0. The van der Waals surface area contributed by atoms with Crippen molar-refractivity contribution >= 4 is 5.91 Å². The van der Waals surface area contributed by atoms with Gasteiger partial charge in [0.05, 0.1) is 12.1 Å². The van der Waals surface area contributed by atoms with Gasteiger partial charge in [-0.25, -0.2) is 0 Å². The molecule has 0 saturated heterocycles. The molecule has 0 spiro atoms. The van der Waals surface area contributed by atoms with E-state index < -0.39 is 5.54 Å². The molecule has 1 aliphatic carbocycles. The van der Waals surface area contributed by atoms with Crippen LogP contribution in [-0.2, 0) is 0 Å². The summed E-state index contributed by atoms with van der Waals surface area (Å²) in [6.45, 7) is 0.00682. The van der Waals surface area contributed by atoms with Crippen molar-refractivity contribution in [2.24, 2.45) is 0 Å². The molecule has 16 heavy (non-hydrogen) atoms.